The first-order valence-electron chi connectivity index (χ1n) is 16.7. The van der Waals surface area contributed by atoms with Gasteiger partial charge in [-0.15, -0.1) is 0 Å². The highest BCUT2D eigenvalue weighted by Gasteiger charge is 2.62. The Morgan fingerprint density at radius 3 is 2.45 bits per heavy atom. The minimum atomic E-state index is -1.50. The maximum atomic E-state index is 12.6. The average molecular weight is 621 g/mol. The zero-order chi connectivity index (χ0) is 31.7. The summed E-state index contributed by atoms with van der Waals surface area (Å²) in [6, 6.07) is 0. The second-order valence-electron chi connectivity index (χ2n) is 15.2. The first-order valence-corrected chi connectivity index (χ1v) is 16.7. The van der Waals surface area contributed by atoms with Gasteiger partial charge < -0.3 is 44.8 Å². The number of aliphatic hydroxyl groups is 6. The SMILES string of the molecule is CC1=C(CO)C(=O)OC([C@@H](C)[C@H]2CCC3C4CC=C5C[C@@H](O[C@@H]6O[C@H](CO)[C@@H](O)[C@H](O)[C@H]6O)C[C@H](O)[C@]5(C)C4CC[C@@]32C)C1. The van der Waals surface area contributed by atoms with Crippen LogP contribution in [0.15, 0.2) is 22.8 Å². The van der Waals surface area contributed by atoms with Gasteiger partial charge in [-0.05, 0) is 80.5 Å². The second-order valence-corrected chi connectivity index (χ2v) is 15.2. The first kappa shape index (κ1) is 32.6. The molecule has 0 amide bonds. The lowest BCUT2D eigenvalue weighted by Gasteiger charge is -2.60. The normalized spacial score (nSPS) is 49.9. The molecule has 10 nitrogen and oxygen atoms in total. The molecule has 6 N–H and O–H groups in total. The van der Waals surface area contributed by atoms with Gasteiger partial charge in [-0.2, -0.15) is 0 Å². The van der Waals surface area contributed by atoms with Crippen LogP contribution < -0.4 is 0 Å². The van der Waals surface area contributed by atoms with E-state index in [0.717, 1.165) is 37.7 Å². The first-order chi connectivity index (χ1) is 20.8. The third-order valence-corrected chi connectivity index (χ3v) is 13.3. The van der Waals surface area contributed by atoms with Crippen LogP contribution in [0.1, 0.15) is 79.1 Å². The molecular formula is C34H52O10. The third kappa shape index (κ3) is 5.03. The van der Waals surface area contributed by atoms with E-state index in [1.807, 2.05) is 6.92 Å². The fourth-order valence-electron chi connectivity index (χ4n) is 10.7. The predicted molar refractivity (Wildman–Crippen MR) is 159 cm³/mol. The molecule has 0 radical (unpaired) electrons. The Bertz CT molecular complexity index is 1170. The summed E-state index contributed by atoms with van der Waals surface area (Å²) >= 11 is 0. The number of carbonyl (C=O) groups is 1. The van der Waals surface area contributed by atoms with Crippen LogP contribution in [0.3, 0.4) is 0 Å². The maximum absolute atomic E-state index is 12.6. The number of hydrogen-bond acceptors (Lipinski definition) is 10. The Balaban J connectivity index is 1.16. The fraction of sp³-hybridized carbons (Fsp3) is 0.853. The number of cyclic esters (lactones) is 1. The molecule has 0 spiro atoms. The number of aliphatic hydroxyl groups excluding tert-OH is 6. The van der Waals surface area contributed by atoms with Gasteiger partial charge in [0.1, 0.15) is 30.5 Å². The van der Waals surface area contributed by atoms with Crippen molar-refractivity contribution in [2.24, 2.45) is 40.4 Å². The Morgan fingerprint density at radius 2 is 1.77 bits per heavy atom. The van der Waals surface area contributed by atoms with Gasteiger partial charge in [0.25, 0.3) is 0 Å². The highest BCUT2D eigenvalue weighted by atomic mass is 16.7. The molecule has 15 atom stereocenters. The van der Waals surface area contributed by atoms with E-state index in [4.69, 9.17) is 14.2 Å². The quantitative estimate of drug-likeness (QED) is 0.191. The molecule has 44 heavy (non-hydrogen) atoms. The summed E-state index contributed by atoms with van der Waals surface area (Å²) in [6.07, 6.45) is 1.26. The molecule has 6 aliphatic rings. The minimum absolute atomic E-state index is 0.123. The van der Waals surface area contributed by atoms with Crippen LogP contribution in [-0.4, -0.2) is 98.8 Å². The van der Waals surface area contributed by atoms with Gasteiger partial charge in [-0.25, -0.2) is 4.79 Å². The lowest BCUT2D eigenvalue weighted by molar-refractivity contribution is -0.315. The summed E-state index contributed by atoms with van der Waals surface area (Å²) in [7, 11) is 0. The van der Waals surface area contributed by atoms with Crippen molar-refractivity contribution >= 4 is 5.97 Å². The number of esters is 1. The molecule has 0 bridgehead atoms. The Hall–Kier alpha value is -1.37. The fourth-order valence-corrected chi connectivity index (χ4v) is 10.7. The summed E-state index contributed by atoms with van der Waals surface area (Å²) in [5, 5.41) is 61.7. The van der Waals surface area contributed by atoms with Crippen molar-refractivity contribution in [3.63, 3.8) is 0 Å². The number of rotatable bonds is 6. The molecule has 2 heterocycles. The summed E-state index contributed by atoms with van der Waals surface area (Å²) in [6.45, 7) is 8.02. The van der Waals surface area contributed by atoms with Crippen molar-refractivity contribution in [3.05, 3.63) is 22.8 Å². The number of carbonyl (C=O) groups excluding carboxylic acids is 1. The van der Waals surface area contributed by atoms with Gasteiger partial charge in [0.15, 0.2) is 6.29 Å². The number of allylic oxidation sites excluding steroid dienone is 1. The zero-order valence-electron chi connectivity index (χ0n) is 26.5. The minimum Gasteiger partial charge on any atom is -0.458 e. The summed E-state index contributed by atoms with van der Waals surface area (Å²) in [5.74, 6) is 1.57. The molecule has 4 fully saturated rings. The van der Waals surface area contributed by atoms with E-state index in [-0.39, 0.29) is 35.4 Å². The third-order valence-electron chi connectivity index (χ3n) is 13.3. The van der Waals surface area contributed by atoms with Crippen molar-refractivity contribution in [2.45, 2.75) is 128 Å². The molecule has 4 unspecified atom stereocenters. The Morgan fingerprint density at radius 1 is 1.02 bits per heavy atom. The average Bonchev–Trinajstić information content (AvgIpc) is 3.34. The van der Waals surface area contributed by atoms with E-state index in [1.54, 1.807) is 0 Å². The van der Waals surface area contributed by atoms with Gasteiger partial charge in [-0.3, -0.25) is 0 Å². The van der Waals surface area contributed by atoms with E-state index >= 15 is 0 Å². The molecule has 2 aliphatic heterocycles. The molecule has 0 aromatic heterocycles. The molecule has 248 valence electrons. The predicted octanol–water partition coefficient (Wildman–Crippen LogP) is 1.98. The van der Waals surface area contributed by atoms with Crippen molar-refractivity contribution < 1.29 is 49.6 Å². The van der Waals surface area contributed by atoms with E-state index < -0.39 is 49.5 Å². The van der Waals surface area contributed by atoms with E-state index in [2.05, 4.69) is 26.8 Å². The lowest BCUT2D eigenvalue weighted by Crippen LogP contribution is -2.60. The van der Waals surface area contributed by atoms with Gasteiger partial charge in [-0.1, -0.05) is 38.0 Å². The molecule has 6 rings (SSSR count). The highest BCUT2D eigenvalue weighted by Crippen LogP contribution is 2.67. The smallest absolute Gasteiger partial charge is 0.336 e. The highest BCUT2D eigenvalue weighted by molar-refractivity contribution is 5.90. The van der Waals surface area contributed by atoms with E-state index in [9.17, 15) is 35.4 Å². The van der Waals surface area contributed by atoms with E-state index in [0.29, 0.717) is 48.5 Å². The van der Waals surface area contributed by atoms with Crippen LogP contribution in [0, 0.1) is 40.4 Å². The Kier molecular flexibility index (Phi) is 8.89. The van der Waals surface area contributed by atoms with Gasteiger partial charge >= 0.3 is 5.97 Å². The standard InChI is InChI=1S/C34H52O10/c1-16-11-25(43-31(41)21(16)14-35)17(2)22-7-8-23-20-6-5-18-12-19(42-32-30(40)29(39)28(38)26(15-36)44-32)13-27(37)34(18,4)24(20)9-10-33(22,23)3/h5,17,19-20,22-30,32,35-40H,6-15H2,1-4H3/t17-,19+,20?,22+,23?,24?,25?,26+,27-,28+,29-,30+,32+,33+,34-/m0/s1. The lowest BCUT2D eigenvalue weighted by atomic mass is 9.46. The monoisotopic (exact) mass is 620 g/mol. The van der Waals surface area contributed by atoms with Crippen LogP contribution in [0.25, 0.3) is 0 Å². The van der Waals surface area contributed by atoms with Crippen molar-refractivity contribution in [1.82, 2.24) is 0 Å². The number of fused-ring (bicyclic) bond motifs is 5. The number of ether oxygens (including phenoxy) is 3. The Labute approximate surface area is 260 Å². The second kappa shape index (κ2) is 12.0. The largest absolute Gasteiger partial charge is 0.458 e. The van der Waals surface area contributed by atoms with Crippen LogP contribution in [0.5, 0.6) is 0 Å². The van der Waals surface area contributed by atoms with Gasteiger partial charge in [0.2, 0.25) is 0 Å². The van der Waals surface area contributed by atoms with Crippen molar-refractivity contribution in [2.75, 3.05) is 13.2 Å². The van der Waals surface area contributed by atoms with Crippen molar-refractivity contribution in [3.8, 4) is 0 Å². The molecule has 10 heteroatoms. The van der Waals surface area contributed by atoms with Gasteiger partial charge in [0.05, 0.1) is 31.0 Å². The zero-order valence-corrected chi connectivity index (χ0v) is 26.5. The molecular weight excluding hydrogens is 568 g/mol. The maximum Gasteiger partial charge on any atom is 0.336 e. The van der Waals surface area contributed by atoms with Gasteiger partial charge in [0, 0.05) is 18.3 Å². The van der Waals surface area contributed by atoms with Crippen LogP contribution in [-0.2, 0) is 19.0 Å². The molecule has 3 saturated carbocycles. The topological polar surface area (TPSA) is 166 Å². The molecule has 1 saturated heterocycles. The van der Waals surface area contributed by atoms with E-state index in [1.165, 1.54) is 5.57 Å². The molecule has 4 aliphatic carbocycles. The molecule has 0 aromatic carbocycles. The summed E-state index contributed by atoms with van der Waals surface area (Å²) < 4.78 is 17.6. The van der Waals surface area contributed by atoms with Crippen molar-refractivity contribution in [1.29, 1.82) is 0 Å². The molecule has 0 aromatic rings. The summed E-state index contributed by atoms with van der Waals surface area (Å²) in [5.41, 5.74) is 2.24. The van der Waals surface area contributed by atoms with Crippen LogP contribution in [0.4, 0.5) is 0 Å². The van der Waals surface area contributed by atoms with Crippen LogP contribution >= 0.6 is 0 Å². The summed E-state index contributed by atoms with van der Waals surface area (Å²) in [4.78, 5) is 12.6. The number of hydrogen-bond donors (Lipinski definition) is 6. The van der Waals surface area contributed by atoms with Crippen LogP contribution in [0.2, 0.25) is 0 Å².